The zero-order valence-electron chi connectivity index (χ0n) is 15.7. The molecule has 0 fully saturated rings. The van der Waals surface area contributed by atoms with Gasteiger partial charge >= 0.3 is 0 Å². The van der Waals surface area contributed by atoms with E-state index in [1.165, 1.54) is 24.3 Å². The Morgan fingerprint density at radius 1 is 1.18 bits per heavy atom. The number of nitro benzene ring substituents is 1. The van der Waals surface area contributed by atoms with Crippen LogP contribution in [0.25, 0.3) is 0 Å². The van der Waals surface area contributed by atoms with E-state index in [-0.39, 0.29) is 42.7 Å². The summed E-state index contributed by atoms with van der Waals surface area (Å²) in [6, 6.07) is 14.8. The number of benzene rings is 2. The van der Waals surface area contributed by atoms with Crippen molar-refractivity contribution in [1.29, 1.82) is 0 Å². The summed E-state index contributed by atoms with van der Waals surface area (Å²) in [4.78, 5) is 22.5. The zero-order chi connectivity index (χ0) is 20.7. The Morgan fingerprint density at radius 2 is 1.86 bits per heavy atom. The highest BCUT2D eigenvalue weighted by Crippen LogP contribution is 2.23. The van der Waals surface area contributed by atoms with Gasteiger partial charge in [0.25, 0.3) is 5.69 Å². The number of nitrogens with one attached hydrogen (secondary N) is 1. The van der Waals surface area contributed by atoms with Gasteiger partial charge < -0.3 is 5.32 Å². The quantitative estimate of drug-likeness (QED) is 0.509. The molecule has 0 saturated heterocycles. The number of carbonyl (C=O) groups excluding carboxylic acids is 1. The van der Waals surface area contributed by atoms with E-state index < -0.39 is 14.9 Å². The number of amides is 1. The summed E-state index contributed by atoms with van der Waals surface area (Å²) in [6.45, 7) is 1.92. The third kappa shape index (κ3) is 6.05. The highest BCUT2D eigenvalue weighted by Gasteiger charge is 2.20. The number of sulfonamides is 1. The molecule has 1 amide bonds. The monoisotopic (exact) mass is 405 g/mol. The van der Waals surface area contributed by atoms with Crippen LogP contribution in [0.5, 0.6) is 0 Å². The first kappa shape index (κ1) is 21.4. The van der Waals surface area contributed by atoms with E-state index in [2.05, 4.69) is 5.32 Å². The molecule has 0 radical (unpaired) electrons. The first-order chi connectivity index (χ1) is 13.2. The van der Waals surface area contributed by atoms with E-state index in [0.717, 1.165) is 16.1 Å². The molecule has 0 aliphatic rings. The van der Waals surface area contributed by atoms with E-state index in [1.807, 2.05) is 37.3 Å². The molecular formula is C19H23N3O5S. The molecule has 0 aliphatic carbocycles. The fraction of sp³-hybridized carbons (Fsp3) is 0.316. The van der Waals surface area contributed by atoms with Crippen molar-refractivity contribution in [2.75, 3.05) is 17.1 Å². The van der Waals surface area contributed by atoms with Gasteiger partial charge in [-0.15, -0.1) is 0 Å². The molecule has 0 aliphatic heterocycles. The van der Waals surface area contributed by atoms with Gasteiger partial charge in [0.2, 0.25) is 15.9 Å². The van der Waals surface area contributed by atoms with E-state index in [0.29, 0.717) is 0 Å². The molecule has 0 spiro atoms. The standard InChI is InChI=1S/C19H23N3O5S/c1-15(16-8-4-3-5-9-16)20-19(23)12-7-13-21(28(2,26)27)17-10-6-11-18(14-17)22(24)25/h3-6,8-11,14-15H,7,12-13H2,1-2H3,(H,20,23). The molecule has 9 heteroatoms. The summed E-state index contributed by atoms with van der Waals surface area (Å²) in [5, 5.41) is 13.8. The first-order valence-corrected chi connectivity index (χ1v) is 10.6. The van der Waals surface area contributed by atoms with Crippen LogP contribution in [0.4, 0.5) is 11.4 Å². The Balaban J connectivity index is 1.98. The van der Waals surface area contributed by atoms with Gasteiger partial charge in [0.1, 0.15) is 0 Å². The van der Waals surface area contributed by atoms with Crippen LogP contribution in [0, 0.1) is 10.1 Å². The average molecular weight is 405 g/mol. The molecule has 1 atom stereocenters. The van der Waals surface area contributed by atoms with Gasteiger partial charge in [-0.3, -0.25) is 19.2 Å². The van der Waals surface area contributed by atoms with Crippen LogP contribution < -0.4 is 9.62 Å². The van der Waals surface area contributed by atoms with Crippen molar-refractivity contribution in [1.82, 2.24) is 5.32 Å². The maximum absolute atomic E-state index is 12.2. The Kier molecular flexibility index (Phi) is 7.11. The van der Waals surface area contributed by atoms with Crippen molar-refractivity contribution >= 4 is 27.3 Å². The number of rotatable bonds is 9. The molecular weight excluding hydrogens is 382 g/mol. The van der Waals surface area contributed by atoms with Crippen LogP contribution >= 0.6 is 0 Å². The fourth-order valence-electron chi connectivity index (χ4n) is 2.77. The third-order valence-electron chi connectivity index (χ3n) is 4.17. The lowest BCUT2D eigenvalue weighted by Gasteiger charge is -2.22. The molecule has 150 valence electrons. The minimum absolute atomic E-state index is 0.0487. The SMILES string of the molecule is CC(NC(=O)CCCN(c1cccc([N+](=O)[O-])c1)S(C)(=O)=O)c1ccccc1. The average Bonchev–Trinajstić information content (AvgIpc) is 2.65. The van der Waals surface area contributed by atoms with E-state index >= 15 is 0 Å². The molecule has 0 heterocycles. The Hall–Kier alpha value is -2.94. The van der Waals surface area contributed by atoms with Crippen molar-refractivity contribution < 1.29 is 18.1 Å². The van der Waals surface area contributed by atoms with Crippen molar-refractivity contribution in [2.24, 2.45) is 0 Å². The second-order valence-electron chi connectivity index (χ2n) is 6.42. The van der Waals surface area contributed by atoms with Gasteiger partial charge in [-0.05, 0) is 25.0 Å². The van der Waals surface area contributed by atoms with Gasteiger partial charge in [-0.25, -0.2) is 8.42 Å². The summed E-state index contributed by atoms with van der Waals surface area (Å²) in [6.07, 6.45) is 1.45. The summed E-state index contributed by atoms with van der Waals surface area (Å²) < 4.78 is 25.3. The molecule has 2 rings (SSSR count). The Labute approximate surface area is 164 Å². The Bertz CT molecular complexity index is 932. The summed E-state index contributed by atoms with van der Waals surface area (Å²) >= 11 is 0. The summed E-state index contributed by atoms with van der Waals surface area (Å²) in [7, 11) is -3.65. The number of hydrogen-bond acceptors (Lipinski definition) is 5. The molecule has 28 heavy (non-hydrogen) atoms. The minimum Gasteiger partial charge on any atom is -0.350 e. The predicted molar refractivity (Wildman–Crippen MR) is 108 cm³/mol. The minimum atomic E-state index is -3.65. The lowest BCUT2D eigenvalue weighted by molar-refractivity contribution is -0.384. The van der Waals surface area contributed by atoms with Gasteiger partial charge in [0, 0.05) is 25.1 Å². The van der Waals surface area contributed by atoms with Gasteiger partial charge in [-0.1, -0.05) is 36.4 Å². The van der Waals surface area contributed by atoms with Gasteiger partial charge in [0.15, 0.2) is 0 Å². The topological polar surface area (TPSA) is 110 Å². The molecule has 0 bridgehead atoms. The number of anilines is 1. The molecule has 2 aromatic rings. The lowest BCUT2D eigenvalue weighted by Crippen LogP contribution is -2.32. The van der Waals surface area contributed by atoms with E-state index in [4.69, 9.17) is 0 Å². The number of carbonyl (C=O) groups is 1. The van der Waals surface area contributed by atoms with Crippen molar-refractivity contribution in [3.8, 4) is 0 Å². The molecule has 2 aromatic carbocycles. The second kappa shape index (κ2) is 9.32. The Morgan fingerprint density at radius 3 is 2.46 bits per heavy atom. The van der Waals surface area contributed by atoms with Crippen LogP contribution in [-0.4, -0.2) is 32.0 Å². The number of non-ortho nitro benzene ring substituents is 1. The largest absolute Gasteiger partial charge is 0.350 e. The van der Waals surface area contributed by atoms with Gasteiger partial charge in [0.05, 0.1) is 22.9 Å². The van der Waals surface area contributed by atoms with Gasteiger partial charge in [-0.2, -0.15) is 0 Å². The van der Waals surface area contributed by atoms with Crippen molar-refractivity contribution in [3.63, 3.8) is 0 Å². The maximum Gasteiger partial charge on any atom is 0.271 e. The zero-order valence-corrected chi connectivity index (χ0v) is 16.6. The summed E-state index contributed by atoms with van der Waals surface area (Å²) in [5.74, 6) is -0.191. The number of hydrogen-bond donors (Lipinski definition) is 1. The normalized spacial score (nSPS) is 12.2. The van der Waals surface area contributed by atoms with E-state index in [9.17, 15) is 23.3 Å². The highest BCUT2D eigenvalue weighted by molar-refractivity contribution is 7.92. The molecule has 1 N–H and O–H groups in total. The van der Waals surface area contributed by atoms with Crippen LogP contribution in [0.3, 0.4) is 0 Å². The predicted octanol–water partition coefficient (Wildman–Crippen LogP) is 3.02. The fourth-order valence-corrected chi connectivity index (χ4v) is 3.73. The maximum atomic E-state index is 12.2. The number of nitro groups is 1. The lowest BCUT2D eigenvalue weighted by atomic mass is 10.1. The van der Waals surface area contributed by atoms with Crippen molar-refractivity contribution in [3.05, 3.63) is 70.3 Å². The second-order valence-corrected chi connectivity index (χ2v) is 8.32. The first-order valence-electron chi connectivity index (χ1n) is 8.75. The third-order valence-corrected chi connectivity index (χ3v) is 5.37. The van der Waals surface area contributed by atoms with Crippen molar-refractivity contribution in [2.45, 2.75) is 25.8 Å². The highest BCUT2D eigenvalue weighted by atomic mass is 32.2. The van der Waals surface area contributed by atoms with Crippen LogP contribution in [0.15, 0.2) is 54.6 Å². The smallest absolute Gasteiger partial charge is 0.271 e. The molecule has 8 nitrogen and oxygen atoms in total. The van der Waals surface area contributed by atoms with Crippen LogP contribution in [0.2, 0.25) is 0 Å². The number of nitrogens with zero attached hydrogens (tertiary/aromatic N) is 2. The molecule has 0 aromatic heterocycles. The molecule has 0 saturated carbocycles. The molecule has 1 unspecified atom stereocenters. The van der Waals surface area contributed by atoms with Crippen LogP contribution in [0.1, 0.15) is 31.4 Å². The van der Waals surface area contributed by atoms with E-state index in [1.54, 1.807) is 0 Å². The van der Waals surface area contributed by atoms with Crippen LogP contribution in [-0.2, 0) is 14.8 Å². The summed E-state index contributed by atoms with van der Waals surface area (Å²) in [5.41, 5.74) is 0.987.